The molecule has 2 rings (SSSR count). The van der Waals surface area contributed by atoms with Crippen LogP contribution >= 0.6 is 0 Å². The predicted molar refractivity (Wildman–Crippen MR) is 95.2 cm³/mol. The van der Waals surface area contributed by atoms with Crippen molar-refractivity contribution in [2.45, 2.75) is 26.9 Å². The first-order valence-electron chi connectivity index (χ1n) is 8.15. The topological polar surface area (TPSA) is 58.6 Å². The summed E-state index contributed by atoms with van der Waals surface area (Å²) >= 11 is 0. The lowest BCUT2D eigenvalue weighted by atomic mass is 10.1. The standard InChI is InChI=1S/C20H25NO3/c1-14-4-6-17(7-5-14)19(24-9-8-22)13-21-20(23)18-11-15(2)10-16(3)12-18/h4-7,10-12,19,22H,8-9,13H2,1-3H3,(H,21,23). The van der Waals surface area contributed by atoms with Crippen LogP contribution in [0.15, 0.2) is 42.5 Å². The van der Waals surface area contributed by atoms with E-state index >= 15 is 0 Å². The molecule has 1 atom stereocenters. The van der Waals surface area contributed by atoms with Crippen molar-refractivity contribution in [3.8, 4) is 0 Å². The molecule has 0 spiro atoms. The van der Waals surface area contributed by atoms with Gasteiger partial charge < -0.3 is 15.2 Å². The first-order chi connectivity index (χ1) is 11.5. The summed E-state index contributed by atoms with van der Waals surface area (Å²) in [4.78, 5) is 12.4. The lowest BCUT2D eigenvalue weighted by Gasteiger charge is -2.19. The molecule has 2 N–H and O–H groups in total. The molecule has 4 nitrogen and oxygen atoms in total. The van der Waals surface area contributed by atoms with E-state index < -0.39 is 0 Å². The molecular formula is C20H25NO3. The average Bonchev–Trinajstić information content (AvgIpc) is 2.55. The number of rotatable bonds is 7. The van der Waals surface area contributed by atoms with Crippen LogP contribution in [0.2, 0.25) is 0 Å². The molecule has 0 saturated carbocycles. The summed E-state index contributed by atoms with van der Waals surface area (Å²) in [5, 5.41) is 11.9. The molecule has 2 aromatic carbocycles. The van der Waals surface area contributed by atoms with Crippen molar-refractivity contribution in [3.63, 3.8) is 0 Å². The van der Waals surface area contributed by atoms with Gasteiger partial charge >= 0.3 is 0 Å². The van der Waals surface area contributed by atoms with Crippen LogP contribution in [0, 0.1) is 20.8 Å². The second-order valence-electron chi connectivity index (χ2n) is 6.08. The van der Waals surface area contributed by atoms with Gasteiger partial charge in [0.15, 0.2) is 0 Å². The third kappa shape index (κ3) is 5.18. The molecule has 1 amide bonds. The summed E-state index contributed by atoms with van der Waals surface area (Å²) in [6, 6.07) is 13.8. The Morgan fingerprint density at radius 2 is 1.67 bits per heavy atom. The fourth-order valence-corrected chi connectivity index (χ4v) is 2.64. The van der Waals surface area contributed by atoms with Crippen molar-refractivity contribution in [2.24, 2.45) is 0 Å². The number of hydrogen-bond donors (Lipinski definition) is 2. The van der Waals surface area contributed by atoms with Crippen molar-refractivity contribution in [1.82, 2.24) is 5.32 Å². The zero-order valence-electron chi connectivity index (χ0n) is 14.5. The third-order valence-corrected chi connectivity index (χ3v) is 3.79. The summed E-state index contributed by atoms with van der Waals surface area (Å²) in [6.07, 6.45) is -0.285. The number of amides is 1. The van der Waals surface area contributed by atoms with E-state index in [4.69, 9.17) is 9.84 Å². The molecule has 0 aliphatic rings. The van der Waals surface area contributed by atoms with E-state index in [2.05, 4.69) is 5.32 Å². The molecular weight excluding hydrogens is 302 g/mol. The lowest BCUT2D eigenvalue weighted by molar-refractivity contribution is 0.0277. The maximum atomic E-state index is 12.4. The molecule has 0 radical (unpaired) electrons. The molecule has 24 heavy (non-hydrogen) atoms. The van der Waals surface area contributed by atoms with Crippen LogP contribution in [-0.4, -0.2) is 30.8 Å². The third-order valence-electron chi connectivity index (χ3n) is 3.79. The zero-order valence-corrected chi connectivity index (χ0v) is 14.5. The molecule has 0 saturated heterocycles. The molecule has 0 heterocycles. The quantitative estimate of drug-likeness (QED) is 0.821. The van der Waals surface area contributed by atoms with Gasteiger partial charge in [0.25, 0.3) is 5.91 Å². The maximum Gasteiger partial charge on any atom is 0.251 e. The first kappa shape index (κ1) is 18.2. The second-order valence-corrected chi connectivity index (χ2v) is 6.08. The molecule has 1 unspecified atom stereocenters. The van der Waals surface area contributed by atoms with Gasteiger partial charge in [-0.25, -0.2) is 0 Å². The maximum absolute atomic E-state index is 12.4. The number of aliphatic hydroxyl groups excluding tert-OH is 1. The second kappa shape index (κ2) is 8.62. The van der Waals surface area contributed by atoms with Crippen LogP contribution in [0.5, 0.6) is 0 Å². The van der Waals surface area contributed by atoms with Gasteiger partial charge in [-0.2, -0.15) is 0 Å². The number of carbonyl (C=O) groups excluding carboxylic acids is 1. The fraction of sp³-hybridized carbons (Fsp3) is 0.350. The molecule has 4 heteroatoms. The SMILES string of the molecule is Cc1ccc(C(CNC(=O)c2cc(C)cc(C)c2)OCCO)cc1. The molecule has 128 valence electrons. The van der Waals surface area contributed by atoms with Crippen LogP contribution in [0.3, 0.4) is 0 Å². The van der Waals surface area contributed by atoms with Gasteiger partial charge in [-0.05, 0) is 38.5 Å². The van der Waals surface area contributed by atoms with E-state index in [0.29, 0.717) is 12.1 Å². The van der Waals surface area contributed by atoms with Crippen molar-refractivity contribution in [1.29, 1.82) is 0 Å². The highest BCUT2D eigenvalue weighted by molar-refractivity contribution is 5.94. The Labute approximate surface area is 143 Å². The first-order valence-corrected chi connectivity index (χ1v) is 8.15. The molecule has 0 fully saturated rings. The van der Waals surface area contributed by atoms with Crippen LogP contribution in [0.4, 0.5) is 0 Å². The highest BCUT2D eigenvalue weighted by Gasteiger charge is 2.14. The van der Waals surface area contributed by atoms with Crippen LogP contribution in [0.1, 0.15) is 38.7 Å². The van der Waals surface area contributed by atoms with Crippen molar-refractivity contribution in [3.05, 3.63) is 70.3 Å². The van der Waals surface area contributed by atoms with Gasteiger partial charge in [-0.1, -0.05) is 47.0 Å². The Morgan fingerprint density at radius 1 is 1.04 bits per heavy atom. The predicted octanol–water partition coefficient (Wildman–Crippen LogP) is 3.09. The van der Waals surface area contributed by atoms with E-state index in [1.807, 2.05) is 63.2 Å². The van der Waals surface area contributed by atoms with Crippen molar-refractivity contribution >= 4 is 5.91 Å². The number of aryl methyl sites for hydroxylation is 3. The summed E-state index contributed by atoms with van der Waals surface area (Å²) in [7, 11) is 0. The Balaban J connectivity index is 2.06. The van der Waals surface area contributed by atoms with Gasteiger partial charge in [0.2, 0.25) is 0 Å². The van der Waals surface area contributed by atoms with Gasteiger partial charge in [-0.3, -0.25) is 4.79 Å². The Morgan fingerprint density at radius 3 is 2.25 bits per heavy atom. The fourth-order valence-electron chi connectivity index (χ4n) is 2.64. The minimum Gasteiger partial charge on any atom is -0.394 e. The molecule has 0 aromatic heterocycles. The summed E-state index contributed by atoms with van der Waals surface area (Å²) in [5.74, 6) is -0.119. The normalized spacial score (nSPS) is 12.0. The minimum atomic E-state index is -0.285. The van der Waals surface area contributed by atoms with Gasteiger partial charge in [0.1, 0.15) is 0 Å². The van der Waals surface area contributed by atoms with E-state index in [-0.39, 0.29) is 25.2 Å². The summed E-state index contributed by atoms with van der Waals surface area (Å²) in [5.41, 5.74) is 4.92. The van der Waals surface area contributed by atoms with Gasteiger partial charge in [-0.15, -0.1) is 0 Å². The van der Waals surface area contributed by atoms with Crippen molar-refractivity contribution in [2.75, 3.05) is 19.8 Å². The lowest BCUT2D eigenvalue weighted by Crippen LogP contribution is -2.30. The number of hydrogen-bond acceptors (Lipinski definition) is 3. The smallest absolute Gasteiger partial charge is 0.251 e. The highest BCUT2D eigenvalue weighted by atomic mass is 16.5. The van der Waals surface area contributed by atoms with Crippen LogP contribution in [-0.2, 0) is 4.74 Å². The Bertz CT molecular complexity index is 660. The van der Waals surface area contributed by atoms with E-state index in [1.54, 1.807) is 0 Å². The summed E-state index contributed by atoms with van der Waals surface area (Å²) in [6.45, 7) is 6.52. The number of aliphatic hydroxyl groups is 1. The van der Waals surface area contributed by atoms with E-state index in [9.17, 15) is 4.79 Å². The van der Waals surface area contributed by atoms with Crippen LogP contribution in [0.25, 0.3) is 0 Å². The number of nitrogens with one attached hydrogen (secondary N) is 1. The highest BCUT2D eigenvalue weighted by Crippen LogP contribution is 2.18. The average molecular weight is 327 g/mol. The van der Waals surface area contributed by atoms with Crippen LogP contribution < -0.4 is 5.32 Å². The van der Waals surface area contributed by atoms with Gasteiger partial charge in [0, 0.05) is 12.1 Å². The molecule has 0 aliphatic carbocycles. The summed E-state index contributed by atoms with van der Waals surface area (Å²) < 4.78 is 5.69. The molecule has 0 aliphatic heterocycles. The molecule has 0 bridgehead atoms. The monoisotopic (exact) mass is 327 g/mol. The number of ether oxygens (including phenoxy) is 1. The van der Waals surface area contributed by atoms with E-state index in [1.165, 1.54) is 5.56 Å². The number of benzene rings is 2. The van der Waals surface area contributed by atoms with Gasteiger partial charge in [0.05, 0.1) is 19.3 Å². The van der Waals surface area contributed by atoms with E-state index in [0.717, 1.165) is 16.7 Å². The zero-order chi connectivity index (χ0) is 17.5. The largest absolute Gasteiger partial charge is 0.394 e. The number of carbonyl (C=O) groups is 1. The van der Waals surface area contributed by atoms with Crippen molar-refractivity contribution < 1.29 is 14.6 Å². The Kier molecular flexibility index (Phi) is 6.53. The minimum absolute atomic E-state index is 0.0482. The molecule has 2 aromatic rings. The Hall–Kier alpha value is -2.17.